The minimum atomic E-state index is -3.61. The van der Waals surface area contributed by atoms with Crippen LogP contribution in [0.1, 0.15) is 51.9 Å². The number of aromatic amines is 1. The number of rotatable bonds is 7. The van der Waals surface area contributed by atoms with Gasteiger partial charge in [-0.05, 0) is 51.3 Å². The topological polar surface area (TPSA) is 123 Å². The zero-order valence-corrected chi connectivity index (χ0v) is 19.9. The van der Waals surface area contributed by atoms with Gasteiger partial charge in [0, 0.05) is 18.8 Å². The van der Waals surface area contributed by atoms with Crippen LogP contribution >= 0.6 is 0 Å². The Morgan fingerprint density at radius 2 is 1.70 bits per heavy atom. The number of benzene rings is 1. The number of hydrogen-bond acceptors (Lipinski definition) is 7. The number of aromatic nitrogens is 1. The number of aryl methyl sites for hydroxylation is 1. The van der Waals surface area contributed by atoms with Gasteiger partial charge in [0.1, 0.15) is 0 Å². The number of carbonyl (C=O) groups excluding carboxylic acids is 3. The SMILES string of the molecule is COC(=O)c1c(C)[nH]c(C(=O)C(C)OC(=O)C2CCN(S(=O)(=O)c3ccccc3)CC2)c1C. The van der Waals surface area contributed by atoms with Gasteiger partial charge in [-0.15, -0.1) is 0 Å². The fourth-order valence-electron chi connectivity index (χ4n) is 4.01. The molecule has 1 atom stereocenters. The van der Waals surface area contributed by atoms with E-state index in [0.717, 1.165) is 0 Å². The highest BCUT2D eigenvalue weighted by atomic mass is 32.2. The van der Waals surface area contributed by atoms with Gasteiger partial charge in [0.05, 0.1) is 29.2 Å². The van der Waals surface area contributed by atoms with Crippen molar-refractivity contribution in [3.05, 3.63) is 52.8 Å². The van der Waals surface area contributed by atoms with Gasteiger partial charge in [-0.3, -0.25) is 9.59 Å². The van der Waals surface area contributed by atoms with E-state index in [4.69, 9.17) is 9.47 Å². The fraction of sp³-hybridized carbons (Fsp3) is 0.435. The molecule has 0 radical (unpaired) electrons. The summed E-state index contributed by atoms with van der Waals surface area (Å²) in [5.41, 5.74) is 1.41. The van der Waals surface area contributed by atoms with E-state index >= 15 is 0 Å². The van der Waals surface area contributed by atoms with Crippen molar-refractivity contribution in [2.75, 3.05) is 20.2 Å². The van der Waals surface area contributed by atoms with Gasteiger partial charge >= 0.3 is 11.9 Å². The Morgan fingerprint density at radius 3 is 2.27 bits per heavy atom. The Bertz CT molecular complexity index is 1150. The summed E-state index contributed by atoms with van der Waals surface area (Å²) in [6, 6.07) is 8.15. The predicted molar refractivity (Wildman–Crippen MR) is 119 cm³/mol. The molecular formula is C23H28N2O7S. The summed E-state index contributed by atoms with van der Waals surface area (Å²) in [6.45, 7) is 5.14. The maximum Gasteiger partial charge on any atom is 0.339 e. The lowest BCUT2D eigenvalue weighted by atomic mass is 9.98. The third-order valence-corrected chi connectivity index (χ3v) is 7.82. The van der Waals surface area contributed by atoms with E-state index < -0.39 is 39.8 Å². The number of nitrogens with zero attached hydrogens (tertiary/aromatic N) is 1. The molecule has 1 fully saturated rings. The van der Waals surface area contributed by atoms with Crippen LogP contribution in [0.5, 0.6) is 0 Å². The third-order valence-electron chi connectivity index (χ3n) is 5.90. The zero-order valence-electron chi connectivity index (χ0n) is 19.1. The molecule has 2 heterocycles. The van der Waals surface area contributed by atoms with Crippen LogP contribution in [0, 0.1) is 19.8 Å². The lowest BCUT2D eigenvalue weighted by Gasteiger charge is -2.30. The minimum absolute atomic E-state index is 0.191. The van der Waals surface area contributed by atoms with Gasteiger partial charge in [-0.1, -0.05) is 18.2 Å². The molecule has 0 bridgehead atoms. The van der Waals surface area contributed by atoms with Crippen LogP contribution in [0.2, 0.25) is 0 Å². The van der Waals surface area contributed by atoms with Crippen molar-refractivity contribution in [1.82, 2.24) is 9.29 Å². The zero-order chi connectivity index (χ0) is 24.3. The number of piperidine rings is 1. The molecule has 9 nitrogen and oxygen atoms in total. The van der Waals surface area contributed by atoms with E-state index in [1.54, 1.807) is 44.2 Å². The molecular weight excluding hydrogens is 448 g/mol. The van der Waals surface area contributed by atoms with Crippen LogP contribution < -0.4 is 0 Å². The van der Waals surface area contributed by atoms with Gasteiger partial charge in [0.15, 0.2) is 6.10 Å². The third kappa shape index (κ3) is 5.01. The first kappa shape index (κ1) is 24.7. The largest absolute Gasteiger partial charge is 0.465 e. The number of methoxy groups -OCH3 is 1. The van der Waals surface area contributed by atoms with Crippen LogP contribution in [0.25, 0.3) is 0 Å². The number of ether oxygens (including phenoxy) is 2. The predicted octanol–water partition coefficient (Wildman–Crippen LogP) is 2.63. The molecule has 1 saturated heterocycles. The lowest BCUT2D eigenvalue weighted by Crippen LogP contribution is -2.41. The van der Waals surface area contributed by atoms with Crippen LogP contribution in [0.4, 0.5) is 0 Å². The van der Waals surface area contributed by atoms with Crippen molar-refractivity contribution >= 4 is 27.7 Å². The fourth-order valence-corrected chi connectivity index (χ4v) is 5.50. The number of Topliss-reactive ketones (excluding diaryl/α,β-unsaturated/α-hetero) is 1. The maximum atomic E-state index is 12.9. The van der Waals surface area contributed by atoms with Crippen molar-refractivity contribution in [2.24, 2.45) is 5.92 Å². The Balaban J connectivity index is 1.61. The van der Waals surface area contributed by atoms with Crippen LogP contribution in [0.15, 0.2) is 35.2 Å². The summed E-state index contributed by atoms with van der Waals surface area (Å²) in [5, 5.41) is 0. The number of hydrogen-bond donors (Lipinski definition) is 1. The molecule has 0 spiro atoms. The van der Waals surface area contributed by atoms with Crippen LogP contribution in [-0.2, 0) is 24.3 Å². The quantitative estimate of drug-likeness (QED) is 0.481. The van der Waals surface area contributed by atoms with Gasteiger partial charge < -0.3 is 14.5 Å². The van der Waals surface area contributed by atoms with Crippen molar-refractivity contribution in [3.63, 3.8) is 0 Å². The molecule has 1 aliphatic rings. The van der Waals surface area contributed by atoms with Crippen LogP contribution in [-0.4, -0.2) is 61.7 Å². The van der Waals surface area contributed by atoms with E-state index in [-0.39, 0.29) is 29.2 Å². The Hall–Kier alpha value is -2.98. The highest BCUT2D eigenvalue weighted by molar-refractivity contribution is 7.89. The molecule has 178 valence electrons. The van der Waals surface area contributed by atoms with E-state index in [9.17, 15) is 22.8 Å². The van der Waals surface area contributed by atoms with E-state index in [1.807, 2.05) is 0 Å². The molecule has 1 aromatic heterocycles. The van der Waals surface area contributed by atoms with E-state index in [1.165, 1.54) is 18.3 Å². The second-order valence-corrected chi connectivity index (χ2v) is 9.99. The normalized spacial score (nSPS) is 16.2. The Labute approximate surface area is 193 Å². The summed E-state index contributed by atoms with van der Waals surface area (Å²) < 4.78 is 37.0. The number of sulfonamides is 1. The van der Waals surface area contributed by atoms with Crippen molar-refractivity contribution in [2.45, 2.75) is 44.6 Å². The molecule has 0 amide bonds. The lowest BCUT2D eigenvalue weighted by molar-refractivity contribution is -0.152. The minimum Gasteiger partial charge on any atom is -0.465 e. The van der Waals surface area contributed by atoms with Crippen molar-refractivity contribution in [1.29, 1.82) is 0 Å². The molecule has 0 aliphatic carbocycles. The average molecular weight is 477 g/mol. The maximum absolute atomic E-state index is 12.9. The number of carbonyl (C=O) groups is 3. The molecule has 33 heavy (non-hydrogen) atoms. The monoisotopic (exact) mass is 476 g/mol. The Kier molecular flexibility index (Phi) is 7.38. The standard InChI is InChI=1S/C23H28N2O7S/c1-14-19(23(28)31-4)15(2)24-20(14)21(26)16(3)32-22(27)17-10-12-25(13-11-17)33(29,30)18-8-6-5-7-9-18/h5-9,16-17,24H,10-13H2,1-4H3. The second-order valence-electron chi connectivity index (χ2n) is 8.05. The number of H-pyrrole nitrogens is 1. The molecule has 1 unspecified atom stereocenters. The molecule has 1 aliphatic heterocycles. The van der Waals surface area contributed by atoms with Gasteiger partial charge in [-0.2, -0.15) is 4.31 Å². The highest BCUT2D eigenvalue weighted by Crippen LogP contribution is 2.26. The summed E-state index contributed by atoms with van der Waals surface area (Å²) in [4.78, 5) is 40.6. The number of nitrogens with one attached hydrogen (secondary N) is 1. The van der Waals surface area contributed by atoms with Gasteiger partial charge in [-0.25, -0.2) is 13.2 Å². The van der Waals surface area contributed by atoms with Crippen LogP contribution in [0.3, 0.4) is 0 Å². The molecule has 1 N–H and O–H groups in total. The highest BCUT2D eigenvalue weighted by Gasteiger charge is 2.34. The first-order valence-electron chi connectivity index (χ1n) is 10.6. The van der Waals surface area contributed by atoms with Crippen molar-refractivity contribution < 1.29 is 32.3 Å². The smallest absolute Gasteiger partial charge is 0.339 e. The summed E-state index contributed by atoms with van der Waals surface area (Å²) >= 11 is 0. The van der Waals surface area contributed by atoms with Crippen molar-refractivity contribution in [3.8, 4) is 0 Å². The molecule has 10 heteroatoms. The first-order chi connectivity index (χ1) is 15.6. The summed E-state index contributed by atoms with van der Waals surface area (Å²) in [5.74, 6) is -2.05. The molecule has 1 aromatic carbocycles. The summed E-state index contributed by atoms with van der Waals surface area (Å²) in [7, 11) is -2.35. The number of esters is 2. The Morgan fingerprint density at radius 1 is 1.09 bits per heavy atom. The number of ketones is 1. The summed E-state index contributed by atoms with van der Waals surface area (Å²) in [6.07, 6.45) is -0.455. The second kappa shape index (κ2) is 9.88. The van der Waals surface area contributed by atoms with E-state index in [2.05, 4.69) is 4.98 Å². The van der Waals surface area contributed by atoms with Gasteiger partial charge in [0.2, 0.25) is 15.8 Å². The molecule has 0 saturated carbocycles. The average Bonchev–Trinajstić information content (AvgIpc) is 3.12. The molecule has 3 rings (SSSR count). The van der Waals surface area contributed by atoms with Gasteiger partial charge in [0.25, 0.3) is 0 Å². The van der Waals surface area contributed by atoms with E-state index in [0.29, 0.717) is 24.1 Å². The first-order valence-corrected chi connectivity index (χ1v) is 12.1. The molecule has 2 aromatic rings.